The van der Waals surface area contributed by atoms with Crippen molar-refractivity contribution in [2.24, 2.45) is 0 Å². The standard InChI is InChI=1S/C11H14N2O5.C2H6/c1-5(14)9(11(17)18)13-10(16)7-3-2-6(12)4-8(7)15;1-2/h2-5,9,14-15H,12H2,1H3,(H,13,16)(H,17,18);1-2H3/t5-,9+;/m1./s1. The fraction of sp³-hybridized carbons (Fsp3) is 0.385. The second-order valence-corrected chi connectivity index (χ2v) is 3.81. The van der Waals surface area contributed by atoms with Crippen LogP contribution in [0.1, 0.15) is 31.1 Å². The third kappa shape index (κ3) is 4.77. The molecule has 1 aromatic rings. The van der Waals surface area contributed by atoms with Gasteiger partial charge in [-0.2, -0.15) is 0 Å². The first kappa shape index (κ1) is 17.7. The fourth-order valence-corrected chi connectivity index (χ4v) is 1.35. The number of nitrogens with one attached hydrogen (secondary N) is 1. The Bertz CT molecular complexity index is 474. The number of anilines is 1. The van der Waals surface area contributed by atoms with Crippen molar-refractivity contribution in [2.45, 2.75) is 32.9 Å². The zero-order chi connectivity index (χ0) is 15.9. The Morgan fingerprint density at radius 2 is 1.85 bits per heavy atom. The number of nitrogen functional groups attached to an aromatic ring is 1. The van der Waals surface area contributed by atoms with Gasteiger partial charge >= 0.3 is 5.97 Å². The summed E-state index contributed by atoms with van der Waals surface area (Å²) in [4.78, 5) is 22.5. The number of carboxylic acid groups (broad SMARTS) is 1. The predicted octanol–water partition coefficient (Wildman–Crippen LogP) is 0.564. The highest BCUT2D eigenvalue weighted by Crippen LogP contribution is 2.20. The quantitative estimate of drug-likeness (QED) is 0.513. The maximum atomic E-state index is 11.7. The average Bonchev–Trinajstić information content (AvgIpc) is 2.37. The smallest absolute Gasteiger partial charge is 0.328 e. The lowest BCUT2D eigenvalue weighted by molar-refractivity contribution is -0.141. The van der Waals surface area contributed by atoms with E-state index < -0.39 is 24.0 Å². The number of hydrogen-bond donors (Lipinski definition) is 5. The van der Waals surface area contributed by atoms with Gasteiger partial charge in [-0.3, -0.25) is 4.79 Å². The molecule has 112 valence electrons. The summed E-state index contributed by atoms with van der Waals surface area (Å²) in [6.07, 6.45) is -1.26. The van der Waals surface area contributed by atoms with Crippen molar-refractivity contribution in [2.75, 3.05) is 5.73 Å². The van der Waals surface area contributed by atoms with E-state index in [0.717, 1.165) is 0 Å². The van der Waals surface area contributed by atoms with Gasteiger partial charge in [0.05, 0.1) is 11.7 Å². The number of phenolic OH excluding ortho intramolecular Hbond substituents is 1. The number of rotatable bonds is 4. The number of aliphatic hydroxyl groups is 1. The summed E-state index contributed by atoms with van der Waals surface area (Å²) in [6.45, 7) is 5.24. The number of aliphatic carboxylic acids is 1. The molecule has 7 nitrogen and oxygen atoms in total. The van der Waals surface area contributed by atoms with Crippen molar-refractivity contribution in [3.05, 3.63) is 23.8 Å². The van der Waals surface area contributed by atoms with Crippen molar-refractivity contribution < 1.29 is 24.9 Å². The SMILES string of the molecule is CC.C[C@@H](O)[C@H](NC(=O)c1ccc(N)cc1O)C(=O)O. The van der Waals surface area contributed by atoms with Crippen molar-refractivity contribution >= 4 is 17.6 Å². The number of phenols is 1. The molecule has 1 amide bonds. The zero-order valence-corrected chi connectivity index (χ0v) is 11.6. The zero-order valence-electron chi connectivity index (χ0n) is 11.6. The molecule has 2 atom stereocenters. The van der Waals surface area contributed by atoms with E-state index in [9.17, 15) is 19.8 Å². The molecule has 0 spiro atoms. The van der Waals surface area contributed by atoms with E-state index >= 15 is 0 Å². The van der Waals surface area contributed by atoms with Crippen LogP contribution in [-0.4, -0.2) is 39.3 Å². The Labute approximate surface area is 117 Å². The second kappa shape index (κ2) is 8.00. The molecule has 20 heavy (non-hydrogen) atoms. The number of carbonyl (C=O) groups is 2. The Morgan fingerprint density at radius 1 is 1.30 bits per heavy atom. The van der Waals surface area contributed by atoms with Crippen molar-refractivity contribution in [1.82, 2.24) is 5.32 Å². The van der Waals surface area contributed by atoms with Crippen molar-refractivity contribution in [3.8, 4) is 5.75 Å². The maximum absolute atomic E-state index is 11.7. The molecule has 0 unspecified atom stereocenters. The Hall–Kier alpha value is -2.28. The summed E-state index contributed by atoms with van der Waals surface area (Å²) >= 11 is 0. The number of nitrogens with two attached hydrogens (primary N) is 1. The highest BCUT2D eigenvalue weighted by molar-refractivity contribution is 5.99. The summed E-state index contributed by atoms with van der Waals surface area (Å²) in [7, 11) is 0. The van der Waals surface area contributed by atoms with Crippen LogP contribution in [-0.2, 0) is 4.79 Å². The third-order valence-electron chi connectivity index (χ3n) is 2.30. The number of carbonyl (C=O) groups excluding carboxylic acids is 1. The lowest BCUT2D eigenvalue weighted by Gasteiger charge is -2.17. The molecule has 1 aromatic carbocycles. The molecule has 0 aliphatic carbocycles. The van der Waals surface area contributed by atoms with E-state index in [-0.39, 0.29) is 17.0 Å². The van der Waals surface area contributed by atoms with Crippen LogP contribution >= 0.6 is 0 Å². The third-order valence-corrected chi connectivity index (χ3v) is 2.30. The normalized spacial score (nSPS) is 12.6. The minimum atomic E-state index is -1.45. The van der Waals surface area contributed by atoms with E-state index in [1.807, 2.05) is 13.8 Å². The highest BCUT2D eigenvalue weighted by atomic mass is 16.4. The Kier molecular flexibility index (Phi) is 7.09. The molecule has 6 N–H and O–H groups in total. The topological polar surface area (TPSA) is 133 Å². The van der Waals surface area contributed by atoms with Gasteiger partial charge in [-0.15, -0.1) is 0 Å². The molecule has 0 saturated carbocycles. The van der Waals surface area contributed by atoms with Crippen molar-refractivity contribution in [1.29, 1.82) is 0 Å². The molecule has 0 aliphatic heterocycles. The van der Waals surface area contributed by atoms with Crippen LogP contribution in [0.2, 0.25) is 0 Å². The first-order valence-electron chi connectivity index (χ1n) is 6.13. The Balaban J connectivity index is 0.00000172. The maximum Gasteiger partial charge on any atom is 0.328 e. The minimum absolute atomic E-state index is 0.115. The molecule has 0 aromatic heterocycles. The van der Waals surface area contributed by atoms with Gasteiger partial charge in [-0.05, 0) is 19.1 Å². The summed E-state index contributed by atoms with van der Waals surface area (Å²) < 4.78 is 0. The Morgan fingerprint density at radius 3 is 2.25 bits per heavy atom. The molecular weight excluding hydrogens is 264 g/mol. The van der Waals surface area contributed by atoms with Crippen LogP contribution in [0.15, 0.2) is 18.2 Å². The fourth-order valence-electron chi connectivity index (χ4n) is 1.35. The molecule has 1 rings (SSSR count). The van der Waals surface area contributed by atoms with Gasteiger partial charge in [0, 0.05) is 11.8 Å². The van der Waals surface area contributed by atoms with E-state index in [2.05, 4.69) is 5.32 Å². The monoisotopic (exact) mass is 284 g/mol. The lowest BCUT2D eigenvalue weighted by atomic mass is 10.1. The molecule has 0 fully saturated rings. The lowest BCUT2D eigenvalue weighted by Crippen LogP contribution is -2.47. The predicted molar refractivity (Wildman–Crippen MR) is 74.4 cm³/mol. The number of benzene rings is 1. The van der Waals surface area contributed by atoms with Crippen LogP contribution in [0.25, 0.3) is 0 Å². The van der Waals surface area contributed by atoms with Gasteiger partial charge in [0.2, 0.25) is 0 Å². The van der Waals surface area contributed by atoms with Crippen LogP contribution in [0.4, 0.5) is 5.69 Å². The van der Waals surface area contributed by atoms with E-state index in [4.69, 9.17) is 10.8 Å². The van der Waals surface area contributed by atoms with Crippen molar-refractivity contribution in [3.63, 3.8) is 0 Å². The van der Waals surface area contributed by atoms with Gasteiger partial charge in [-0.1, -0.05) is 13.8 Å². The van der Waals surface area contributed by atoms with Gasteiger partial charge in [0.15, 0.2) is 6.04 Å². The van der Waals surface area contributed by atoms with Crippen LogP contribution in [0, 0.1) is 0 Å². The van der Waals surface area contributed by atoms with Crippen LogP contribution < -0.4 is 11.1 Å². The molecule has 0 aliphatic rings. The minimum Gasteiger partial charge on any atom is -0.507 e. The highest BCUT2D eigenvalue weighted by Gasteiger charge is 2.26. The number of amides is 1. The summed E-state index contributed by atoms with van der Waals surface area (Å²) in [5.41, 5.74) is 5.56. The molecule has 0 radical (unpaired) electrons. The van der Waals surface area contributed by atoms with Crippen LogP contribution in [0.5, 0.6) is 5.75 Å². The molecular formula is C13H20N2O5. The molecule has 0 heterocycles. The van der Waals surface area contributed by atoms with Gasteiger partial charge in [-0.25, -0.2) is 4.79 Å². The van der Waals surface area contributed by atoms with Gasteiger partial charge in [0.25, 0.3) is 5.91 Å². The second-order valence-electron chi connectivity index (χ2n) is 3.81. The summed E-state index contributed by atoms with van der Waals surface area (Å²) in [6, 6.07) is 2.38. The number of aromatic hydroxyl groups is 1. The molecule has 0 bridgehead atoms. The largest absolute Gasteiger partial charge is 0.507 e. The number of hydrogen-bond acceptors (Lipinski definition) is 5. The summed E-state index contributed by atoms with van der Waals surface area (Å²) in [5.74, 6) is -2.53. The molecule has 0 saturated heterocycles. The van der Waals surface area contributed by atoms with Crippen LogP contribution in [0.3, 0.4) is 0 Å². The van der Waals surface area contributed by atoms with E-state index in [0.29, 0.717) is 0 Å². The van der Waals surface area contributed by atoms with Gasteiger partial charge < -0.3 is 26.4 Å². The summed E-state index contributed by atoms with van der Waals surface area (Å²) in [5, 5.41) is 29.6. The van der Waals surface area contributed by atoms with Gasteiger partial charge in [0.1, 0.15) is 5.75 Å². The van der Waals surface area contributed by atoms with E-state index in [1.165, 1.54) is 25.1 Å². The molecule has 7 heteroatoms. The first-order valence-corrected chi connectivity index (χ1v) is 6.13. The number of aliphatic hydroxyl groups excluding tert-OH is 1. The average molecular weight is 284 g/mol. The van der Waals surface area contributed by atoms with E-state index in [1.54, 1.807) is 0 Å². The number of carboxylic acids is 1. The first-order chi connectivity index (χ1) is 9.32.